The Kier molecular flexibility index (Phi) is 6.59. The predicted octanol–water partition coefficient (Wildman–Crippen LogP) is 1.57. The molecule has 1 atom stereocenters. The molecule has 0 fully saturated rings. The third-order valence-corrected chi connectivity index (χ3v) is 1.83. The molecule has 0 aliphatic carbocycles. The molecule has 0 saturated carbocycles. The molecule has 3 nitrogen and oxygen atoms in total. The van der Waals surface area contributed by atoms with Gasteiger partial charge in [-0.05, 0) is 19.3 Å². The van der Waals surface area contributed by atoms with Gasteiger partial charge < -0.3 is 10.1 Å². The molecule has 13 heavy (non-hydrogen) atoms. The Bertz CT molecular complexity index is 146. The molecule has 0 aliphatic heterocycles. The molecule has 1 amide bonds. The minimum Gasteiger partial charge on any atom is -0.378 e. The van der Waals surface area contributed by atoms with Crippen LogP contribution < -0.4 is 5.32 Å². The van der Waals surface area contributed by atoms with Gasteiger partial charge in [-0.1, -0.05) is 13.8 Å². The topological polar surface area (TPSA) is 38.3 Å². The fourth-order valence-electron chi connectivity index (χ4n) is 1.28. The van der Waals surface area contributed by atoms with Crippen LogP contribution in [0.5, 0.6) is 0 Å². The molecule has 0 aromatic rings. The maximum absolute atomic E-state index is 11.1. The highest BCUT2D eigenvalue weighted by atomic mass is 16.5. The van der Waals surface area contributed by atoms with Crippen LogP contribution in [0.3, 0.4) is 0 Å². The average molecular weight is 187 g/mol. The van der Waals surface area contributed by atoms with Crippen molar-refractivity contribution in [2.24, 2.45) is 5.92 Å². The summed E-state index contributed by atoms with van der Waals surface area (Å²) in [4.78, 5) is 11.1. The quantitative estimate of drug-likeness (QED) is 0.685. The number of hydrogen-bond acceptors (Lipinski definition) is 2. The highest BCUT2D eigenvalue weighted by Gasteiger charge is 2.14. The molecule has 0 heterocycles. The molecule has 3 heteroatoms. The minimum absolute atomic E-state index is 0.0547. The largest absolute Gasteiger partial charge is 0.378 e. The third-order valence-electron chi connectivity index (χ3n) is 1.83. The van der Waals surface area contributed by atoms with Crippen molar-refractivity contribution >= 4 is 5.91 Å². The van der Waals surface area contributed by atoms with Crippen molar-refractivity contribution in [3.8, 4) is 0 Å². The smallest absolute Gasteiger partial charge is 0.222 e. The Morgan fingerprint density at radius 3 is 2.46 bits per heavy atom. The van der Waals surface area contributed by atoms with E-state index in [-0.39, 0.29) is 12.0 Å². The van der Waals surface area contributed by atoms with Crippen LogP contribution in [0, 0.1) is 5.92 Å². The van der Waals surface area contributed by atoms with E-state index in [9.17, 15) is 4.79 Å². The summed E-state index contributed by atoms with van der Waals surface area (Å²) in [5, 5.41) is 2.61. The number of hydrogen-bond donors (Lipinski definition) is 1. The normalized spacial score (nSPS) is 13.0. The highest BCUT2D eigenvalue weighted by Crippen LogP contribution is 2.11. The second kappa shape index (κ2) is 6.89. The number of nitrogens with one attached hydrogen (secondary N) is 1. The van der Waals surface area contributed by atoms with Crippen LogP contribution in [0.1, 0.15) is 33.6 Å². The molecule has 78 valence electrons. The first-order valence-electron chi connectivity index (χ1n) is 4.92. The van der Waals surface area contributed by atoms with E-state index in [1.54, 1.807) is 7.05 Å². The average Bonchev–Trinajstić information content (AvgIpc) is 2.03. The van der Waals surface area contributed by atoms with Gasteiger partial charge in [0.15, 0.2) is 0 Å². The number of carbonyl (C=O) groups excluding carboxylic acids is 1. The number of ether oxygens (including phenoxy) is 1. The summed E-state index contributed by atoms with van der Waals surface area (Å²) in [6.45, 7) is 6.90. The van der Waals surface area contributed by atoms with E-state index in [0.29, 0.717) is 18.9 Å². The van der Waals surface area contributed by atoms with E-state index in [1.807, 2.05) is 6.92 Å². The second-order valence-electron chi connectivity index (χ2n) is 3.58. The second-order valence-corrected chi connectivity index (χ2v) is 3.58. The molecule has 1 N–H and O–H groups in total. The van der Waals surface area contributed by atoms with Crippen molar-refractivity contribution < 1.29 is 9.53 Å². The van der Waals surface area contributed by atoms with Gasteiger partial charge in [0, 0.05) is 13.7 Å². The first-order chi connectivity index (χ1) is 6.10. The molecule has 0 radical (unpaired) electrons. The standard InChI is InChI=1S/C10H21NO2/c1-5-13-9(6-8(2)3)7-10(12)11-4/h8-9H,5-7H2,1-4H3,(H,11,12). The molecule has 0 aliphatic rings. The molecule has 1 unspecified atom stereocenters. The lowest BCUT2D eigenvalue weighted by atomic mass is 10.0. The SMILES string of the molecule is CCOC(CC(=O)NC)CC(C)C. The number of carbonyl (C=O) groups is 1. The monoisotopic (exact) mass is 187 g/mol. The van der Waals surface area contributed by atoms with Crippen LogP contribution in [0.25, 0.3) is 0 Å². The Labute approximate surface area is 80.8 Å². The summed E-state index contributed by atoms with van der Waals surface area (Å²) in [6, 6.07) is 0. The lowest BCUT2D eigenvalue weighted by Gasteiger charge is -2.17. The van der Waals surface area contributed by atoms with Gasteiger partial charge in [-0.15, -0.1) is 0 Å². The van der Waals surface area contributed by atoms with E-state index < -0.39 is 0 Å². The van der Waals surface area contributed by atoms with E-state index in [2.05, 4.69) is 19.2 Å². The van der Waals surface area contributed by atoms with Gasteiger partial charge in [0.05, 0.1) is 12.5 Å². The van der Waals surface area contributed by atoms with Crippen molar-refractivity contribution in [2.75, 3.05) is 13.7 Å². The van der Waals surface area contributed by atoms with Gasteiger partial charge in [0.25, 0.3) is 0 Å². The van der Waals surface area contributed by atoms with Crippen molar-refractivity contribution in [1.82, 2.24) is 5.32 Å². The maximum atomic E-state index is 11.1. The highest BCUT2D eigenvalue weighted by molar-refractivity contribution is 5.76. The Morgan fingerprint density at radius 1 is 1.46 bits per heavy atom. The van der Waals surface area contributed by atoms with Crippen LogP contribution in [-0.2, 0) is 9.53 Å². The van der Waals surface area contributed by atoms with Crippen LogP contribution in [0.4, 0.5) is 0 Å². The molecule has 0 rings (SSSR count). The van der Waals surface area contributed by atoms with Crippen molar-refractivity contribution in [1.29, 1.82) is 0 Å². The molecular formula is C10H21NO2. The van der Waals surface area contributed by atoms with E-state index in [1.165, 1.54) is 0 Å². The van der Waals surface area contributed by atoms with Gasteiger partial charge >= 0.3 is 0 Å². The molecule has 0 aromatic heterocycles. The van der Waals surface area contributed by atoms with E-state index >= 15 is 0 Å². The van der Waals surface area contributed by atoms with Crippen molar-refractivity contribution in [3.05, 3.63) is 0 Å². The first kappa shape index (κ1) is 12.4. The zero-order chi connectivity index (χ0) is 10.3. The number of amides is 1. The lowest BCUT2D eigenvalue weighted by molar-refractivity contribution is -0.123. The van der Waals surface area contributed by atoms with Crippen LogP contribution in [0.2, 0.25) is 0 Å². The molecule has 0 aromatic carbocycles. The molecule has 0 spiro atoms. The van der Waals surface area contributed by atoms with Crippen molar-refractivity contribution in [2.45, 2.75) is 39.7 Å². The van der Waals surface area contributed by atoms with E-state index in [4.69, 9.17) is 4.74 Å². The fraction of sp³-hybridized carbons (Fsp3) is 0.900. The Morgan fingerprint density at radius 2 is 2.08 bits per heavy atom. The zero-order valence-corrected chi connectivity index (χ0v) is 9.09. The van der Waals surface area contributed by atoms with E-state index in [0.717, 1.165) is 6.42 Å². The van der Waals surface area contributed by atoms with Gasteiger partial charge in [-0.2, -0.15) is 0 Å². The summed E-state index contributed by atoms with van der Waals surface area (Å²) in [7, 11) is 1.65. The summed E-state index contributed by atoms with van der Waals surface area (Å²) in [5.74, 6) is 0.625. The molecule has 0 saturated heterocycles. The molecule has 0 bridgehead atoms. The van der Waals surface area contributed by atoms with Crippen LogP contribution >= 0.6 is 0 Å². The summed E-state index contributed by atoms with van der Waals surface area (Å²) in [6.07, 6.45) is 1.49. The third kappa shape index (κ3) is 6.58. The van der Waals surface area contributed by atoms with Crippen LogP contribution in [0.15, 0.2) is 0 Å². The van der Waals surface area contributed by atoms with Crippen molar-refractivity contribution in [3.63, 3.8) is 0 Å². The first-order valence-corrected chi connectivity index (χ1v) is 4.92. The zero-order valence-electron chi connectivity index (χ0n) is 9.09. The lowest BCUT2D eigenvalue weighted by Crippen LogP contribution is -2.26. The maximum Gasteiger partial charge on any atom is 0.222 e. The van der Waals surface area contributed by atoms with Gasteiger partial charge in [0.2, 0.25) is 5.91 Å². The molecular weight excluding hydrogens is 166 g/mol. The van der Waals surface area contributed by atoms with Crippen LogP contribution in [-0.4, -0.2) is 25.7 Å². The minimum atomic E-state index is 0.0547. The van der Waals surface area contributed by atoms with Gasteiger partial charge in [-0.3, -0.25) is 4.79 Å². The predicted molar refractivity (Wildman–Crippen MR) is 53.6 cm³/mol. The summed E-state index contributed by atoms with van der Waals surface area (Å²) >= 11 is 0. The Balaban J connectivity index is 3.86. The number of rotatable bonds is 6. The summed E-state index contributed by atoms with van der Waals surface area (Å²) in [5.41, 5.74) is 0. The van der Waals surface area contributed by atoms with Gasteiger partial charge in [-0.25, -0.2) is 0 Å². The Hall–Kier alpha value is -0.570. The summed E-state index contributed by atoms with van der Waals surface area (Å²) < 4.78 is 5.46. The fourth-order valence-corrected chi connectivity index (χ4v) is 1.28. The van der Waals surface area contributed by atoms with Gasteiger partial charge in [0.1, 0.15) is 0 Å².